The average Bonchev–Trinajstić information content (AvgIpc) is 3.11. The molecule has 0 atom stereocenters. The van der Waals surface area contributed by atoms with Gasteiger partial charge in [0.15, 0.2) is 0 Å². The fourth-order valence-corrected chi connectivity index (χ4v) is 4.38. The van der Waals surface area contributed by atoms with Crippen LogP contribution in [-0.4, -0.2) is 54.3 Å². The fourth-order valence-electron chi connectivity index (χ4n) is 3.46. The van der Waals surface area contributed by atoms with Crippen molar-refractivity contribution < 1.29 is 13.2 Å². The Bertz CT molecular complexity index is 995. The van der Waals surface area contributed by atoms with Crippen molar-refractivity contribution in [1.29, 1.82) is 0 Å². The molecule has 158 valence electrons. The minimum atomic E-state index is -3.51. The Hall–Kier alpha value is -2.26. The van der Waals surface area contributed by atoms with Crippen LogP contribution in [0.4, 0.5) is 0 Å². The van der Waals surface area contributed by atoms with E-state index in [1.165, 1.54) is 42.9 Å². The second-order valence-electron chi connectivity index (χ2n) is 7.56. The van der Waals surface area contributed by atoms with Crippen molar-refractivity contribution in [3.8, 4) is 0 Å². The van der Waals surface area contributed by atoms with Gasteiger partial charge in [-0.15, -0.1) is 5.10 Å². The normalized spacial score (nSPS) is 14.9. The first-order chi connectivity index (χ1) is 13.9. The molecule has 0 unspecified atom stereocenters. The van der Waals surface area contributed by atoms with Gasteiger partial charge in [-0.05, 0) is 56.7 Å². The number of carbonyl (C=O) groups excluding carboxylic acids is 1. The van der Waals surface area contributed by atoms with Gasteiger partial charge in [0.05, 0.1) is 10.4 Å². The third-order valence-electron chi connectivity index (χ3n) is 5.19. The first kappa shape index (κ1) is 21.4. The molecule has 3 rings (SSSR count). The van der Waals surface area contributed by atoms with E-state index in [1.807, 2.05) is 0 Å². The zero-order valence-corrected chi connectivity index (χ0v) is 17.9. The summed E-state index contributed by atoms with van der Waals surface area (Å²) in [6.07, 6.45) is 9.18. The summed E-state index contributed by atoms with van der Waals surface area (Å²) in [5, 5.41) is 11.2. The van der Waals surface area contributed by atoms with E-state index in [9.17, 15) is 13.2 Å². The van der Waals surface area contributed by atoms with Crippen LogP contribution in [0, 0.1) is 0 Å². The Morgan fingerprint density at radius 1 is 1.28 bits per heavy atom. The maximum absolute atomic E-state index is 12.2. The maximum Gasteiger partial charge on any atom is 0.242 e. The maximum atomic E-state index is 12.2. The quantitative estimate of drug-likeness (QED) is 0.630. The van der Waals surface area contributed by atoms with Gasteiger partial charge in [0.2, 0.25) is 15.9 Å². The molecule has 0 aliphatic heterocycles. The number of nitrogens with one attached hydrogen (secondary N) is 1. The van der Waals surface area contributed by atoms with E-state index in [1.54, 1.807) is 16.8 Å². The van der Waals surface area contributed by atoms with Crippen LogP contribution in [0.2, 0.25) is 0 Å². The van der Waals surface area contributed by atoms with Crippen molar-refractivity contribution in [3.05, 3.63) is 29.8 Å². The SMILES string of the molecule is CN(C)S(=O)(=O)c1ccc2c(c1)nnn2CCCC(=O)NCCC1=CCCCC1. The lowest BCUT2D eigenvalue weighted by Crippen LogP contribution is -2.25. The molecule has 0 saturated heterocycles. The number of benzene rings is 1. The molecule has 1 aliphatic rings. The molecule has 1 aromatic heterocycles. The number of sulfonamides is 1. The van der Waals surface area contributed by atoms with Crippen molar-refractivity contribution in [2.24, 2.45) is 0 Å². The van der Waals surface area contributed by atoms with Crippen molar-refractivity contribution in [2.45, 2.75) is 56.4 Å². The number of hydrogen-bond acceptors (Lipinski definition) is 5. The van der Waals surface area contributed by atoms with E-state index in [0.717, 1.165) is 24.8 Å². The van der Waals surface area contributed by atoms with Gasteiger partial charge in [0.1, 0.15) is 5.52 Å². The Kier molecular flexibility index (Phi) is 7.02. The lowest BCUT2D eigenvalue weighted by Gasteiger charge is -2.13. The Labute approximate surface area is 172 Å². The van der Waals surface area contributed by atoms with Crippen molar-refractivity contribution in [1.82, 2.24) is 24.6 Å². The smallest absolute Gasteiger partial charge is 0.242 e. The average molecular weight is 420 g/mol. The molecule has 0 bridgehead atoms. The number of carbonyl (C=O) groups is 1. The topological polar surface area (TPSA) is 97.2 Å². The molecule has 8 nitrogen and oxygen atoms in total. The molecule has 1 N–H and O–H groups in total. The fraction of sp³-hybridized carbons (Fsp3) is 0.550. The standard InChI is InChI=1S/C20H29N5O3S/c1-24(2)29(27,28)17-10-11-19-18(15-17)22-23-25(19)14-6-9-20(26)21-13-12-16-7-4-3-5-8-16/h7,10-11,15H,3-6,8-9,12-14H2,1-2H3,(H,21,26). The molecular formula is C20H29N5O3S. The lowest BCUT2D eigenvalue weighted by atomic mass is 9.97. The van der Waals surface area contributed by atoms with Crippen molar-refractivity contribution in [2.75, 3.05) is 20.6 Å². The lowest BCUT2D eigenvalue weighted by molar-refractivity contribution is -0.121. The highest BCUT2D eigenvalue weighted by atomic mass is 32.2. The number of rotatable bonds is 9. The molecule has 1 heterocycles. The number of nitrogens with zero attached hydrogens (tertiary/aromatic N) is 4. The van der Waals surface area contributed by atoms with E-state index in [-0.39, 0.29) is 10.8 Å². The molecule has 2 aromatic rings. The van der Waals surface area contributed by atoms with Gasteiger partial charge in [0, 0.05) is 33.6 Å². The second-order valence-corrected chi connectivity index (χ2v) is 9.71. The Morgan fingerprint density at radius 3 is 2.83 bits per heavy atom. The molecule has 0 fully saturated rings. The summed E-state index contributed by atoms with van der Waals surface area (Å²) in [6.45, 7) is 1.24. The van der Waals surface area contributed by atoms with E-state index >= 15 is 0 Å². The van der Waals surface area contributed by atoms with Crippen molar-refractivity contribution >= 4 is 27.0 Å². The van der Waals surface area contributed by atoms with E-state index < -0.39 is 10.0 Å². The second kappa shape index (κ2) is 9.49. The van der Waals surface area contributed by atoms with Gasteiger partial charge in [-0.3, -0.25) is 4.79 Å². The molecule has 0 radical (unpaired) electrons. The third kappa shape index (κ3) is 5.42. The highest BCUT2D eigenvalue weighted by Gasteiger charge is 2.18. The van der Waals surface area contributed by atoms with Crippen LogP contribution in [0.5, 0.6) is 0 Å². The van der Waals surface area contributed by atoms with E-state index in [2.05, 4.69) is 21.7 Å². The minimum Gasteiger partial charge on any atom is -0.356 e. The van der Waals surface area contributed by atoms with Crippen LogP contribution >= 0.6 is 0 Å². The number of hydrogen-bond donors (Lipinski definition) is 1. The van der Waals surface area contributed by atoms with Gasteiger partial charge in [-0.1, -0.05) is 16.9 Å². The van der Waals surface area contributed by atoms with E-state index in [4.69, 9.17) is 0 Å². The van der Waals surface area contributed by atoms with Gasteiger partial charge in [-0.25, -0.2) is 17.4 Å². The van der Waals surface area contributed by atoms with Crippen LogP contribution in [0.25, 0.3) is 11.0 Å². The summed E-state index contributed by atoms with van der Waals surface area (Å²) >= 11 is 0. The van der Waals surface area contributed by atoms with Crippen LogP contribution < -0.4 is 5.32 Å². The largest absolute Gasteiger partial charge is 0.356 e. The molecule has 1 amide bonds. The number of aryl methyl sites for hydroxylation is 1. The minimum absolute atomic E-state index is 0.0465. The van der Waals surface area contributed by atoms with Gasteiger partial charge in [-0.2, -0.15) is 0 Å². The van der Waals surface area contributed by atoms with Crippen molar-refractivity contribution in [3.63, 3.8) is 0 Å². The zero-order valence-electron chi connectivity index (χ0n) is 17.1. The number of amides is 1. The number of allylic oxidation sites excluding steroid dienone is 1. The number of aromatic nitrogens is 3. The molecule has 0 spiro atoms. The van der Waals surface area contributed by atoms with Gasteiger partial charge < -0.3 is 5.32 Å². The van der Waals surface area contributed by atoms with Gasteiger partial charge >= 0.3 is 0 Å². The summed E-state index contributed by atoms with van der Waals surface area (Å²) in [7, 11) is -0.518. The highest BCUT2D eigenvalue weighted by Crippen LogP contribution is 2.20. The summed E-state index contributed by atoms with van der Waals surface area (Å²) in [5.41, 5.74) is 2.74. The molecule has 0 saturated carbocycles. The Balaban J connectivity index is 1.49. The first-order valence-corrected chi connectivity index (χ1v) is 11.5. The Morgan fingerprint density at radius 2 is 2.10 bits per heavy atom. The third-order valence-corrected chi connectivity index (χ3v) is 7.00. The zero-order chi connectivity index (χ0) is 20.9. The molecule has 29 heavy (non-hydrogen) atoms. The summed E-state index contributed by atoms with van der Waals surface area (Å²) in [4.78, 5) is 12.2. The van der Waals surface area contributed by atoms with Gasteiger partial charge in [0.25, 0.3) is 0 Å². The number of fused-ring (bicyclic) bond motifs is 1. The summed E-state index contributed by atoms with van der Waals surface area (Å²) in [6, 6.07) is 4.80. The molecule has 9 heteroatoms. The highest BCUT2D eigenvalue weighted by molar-refractivity contribution is 7.89. The van der Waals surface area contributed by atoms with Crippen LogP contribution in [0.15, 0.2) is 34.7 Å². The van der Waals surface area contributed by atoms with Crippen LogP contribution in [0.1, 0.15) is 44.9 Å². The first-order valence-electron chi connectivity index (χ1n) is 10.1. The summed E-state index contributed by atoms with van der Waals surface area (Å²) in [5.74, 6) is 0.0465. The predicted octanol–water partition coefficient (Wildman–Crippen LogP) is 2.47. The monoisotopic (exact) mass is 419 g/mol. The van der Waals surface area contributed by atoms with Crippen LogP contribution in [-0.2, 0) is 21.4 Å². The predicted molar refractivity (Wildman–Crippen MR) is 112 cm³/mol. The molecular weight excluding hydrogens is 390 g/mol. The summed E-state index contributed by atoms with van der Waals surface area (Å²) < 4.78 is 27.4. The molecule has 1 aromatic carbocycles. The molecule has 1 aliphatic carbocycles. The van der Waals surface area contributed by atoms with E-state index in [0.29, 0.717) is 31.4 Å². The van der Waals surface area contributed by atoms with Crippen LogP contribution in [0.3, 0.4) is 0 Å².